The summed E-state index contributed by atoms with van der Waals surface area (Å²) < 4.78 is 10.6. The Morgan fingerprint density at radius 3 is 2.89 bits per heavy atom. The molecule has 1 N–H and O–H groups in total. The lowest BCUT2D eigenvalue weighted by molar-refractivity contribution is -0.113. The van der Waals surface area contributed by atoms with E-state index in [-0.39, 0.29) is 11.7 Å². The van der Waals surface area contributed by atoms with Crippen LogP contribution in [0.25, 0.3) is 10.2 Å². The van der Waals surface area contributed by atoms with Gasteiger partial charge in [0.15, 0.2) is 0 Å². The van der Waals surface area contributed by atoms with Gasteiger partial charge in [0, 0.05) is 16.3 Å². The number of nitrogens with one attached hydrogen (secondary N) is 1. The quantitative estimate of drug-likeness (QED) is 0.477. The van der Waals surface area contributed by atoms with Crippen molar-refractivity contribution in [2.45, 2.75) is 30.7 Å². The average molecular weight is 416 g/mol. The van der Waals surface area contributed by atoms with Gasteiger partial charge >= 0.3 is 0 Å². The summed E-state index contributed by atoms with van der Waals surface area (Å²) in [5, 5.41) is 4.93. The average Bonchev–Trinajstić information content (AvgIpc) is 3.11. The van der Waals surface area contributed by atoms with E-state index in [0.29, 0.717) is 17.2 Å². The highest BCUT2D eigenvalue weighted by Gasteiger charge is 2.20. The summed E-state index contributed by atoms with van der Waals surface area (Å²) in [4.78, 5) is 23.9. The topological polar surface area (TPSA) is 73.3 Å². The summed E-state index contributed by atoms with van der Waals surface area (Å²) in [6.07, 6.45) is 6.23. The zero-order valence-electron chi connectivity index (χ0n) is 15.8. The van der Waals surface area contributed by atoms with Gasteiger partial charge in [-0.2, -0.15) is 0 Å². The van der Waals surface area contributed by atoms with Crippen LogP contribution in [-0.2, 0) is 17.6 Å². The van der Waals surface area contributed by atoms with E-state index in [1.54, 1.807) is 50.1 Å². The van der Waals surface area contributed by atoms with Crippen LogP contribution in [0.1, 0.15) is 23.3 Å². The molecule has 3 aromatic rings. The Bertz CT molecular complexity index is 1020. The molecule has 0 fully saturated rings. The molecule has 1 aromatic carbocycles. The number of thioether (sulfide) groups is 1. The highest BCUT2D eigenvalue weighted by Crippen LogP contribution is 2.39. The Hall–Kier alpha value is -2.32. The number of hydrogen-bond donors (Lipinski definition) is 1. The largest absolute Gasteiger partial charge is 0.497 e. The Kier molecular flexibility index (Phi) is 5.68. The molecule has 0 unspecified atom stereocenters. The Labute approximate surface area is 171 Å². The minimum Gasteiger partial charge on any atom is -0.497 e. The standard InChI is InChI=1S/C20H21N3O3S2/c1-25-12-7-8-15(26-2)14(9-12)23-17(24)10-27-19-18-13-5-3-4-6-16(13)28-20(18)22-11-21-19/h7-9,11H,3-6,10H2,1-2H3,(H,23,24). The zero-order valence-corrected chi connectivity index (χ0v) is 17.4. The first-order valence-corrected chi connectivity index (χ1v) is 10.9. The van der Waals surface area contributed by atoms with Crippen molar-refractivity contribution in [2.24, 2.45) is 0 Å². The van der Waals surface area contributed by atoms with E-state index in [0.717, 1.165) is 28.1 Å². The van der Waals surface area contributed by atoms with Crippen molar-refractivity contribution in [1.82, 2.24) is 9.97 Å². The number of amides is 1. The molecule has 1 aliphatic rings. The molecule has 146 valence electrons. The van der Waals surface area contributed by atoms with Crippen LogP contribution >= 0.6 is 23.1 Å². The molecule has 0 atom stereocenters. The maximum Gasteiger partial charge on any atom is 0.234 e. The molecule has 6 nitrogen and oxygen atoms in total. The summed E-state index contributed by atoms with van der Waals surface area (Å²) in [5.41, 5.74) is 1.97. The number of carbonyl (C=O) groups excluding carboxylic acids is 1. The van der Waals surface area contributed by atoms with E-state index in [9.17, 15) is 4.79 Å². The number of fused-ring (bicyclic) bond motifs is 3. The fourth-order valence-electron chi connectivity index (χ4n) is 3.40. The van der Waals surface area contributed by atoms with Gasteiger partial charge in [0.05, 0.1) is 25.7 Å². The van der Waals surface area contributed by atoms with E-state index >= 15 is 0 Å². The lowest BCUT2D eigenvalue weighted by atomic mass is 9.97. The number of thiophene rings is 1. The molecule has 2 heterocycles. The fourth-order valence-corrected chi connectivity index (χ4v) is 5.52. The van der Waals surface area contributed by atoms with Crippen LogP contribution in [-0.4, -0.2) is 35.8 Å². The second kappa shape index (κ2) is 8.36. The summed E-state index contributed by atoms with van der Waals surface area (Å²) in [5.74, 6) is 1.39. The minimum absolute atomic E-state index is 0.118. The van der Waals surface area contributed by atoms with E-state index in [2.05, 4.69) is 15.3 Å². The Morgan fingerprint density at radius 1 is 1.21 bits per heavy atom. The molecule has 0 spiro atoms. The number of aryl methyl sites for hydroxylation is 2. The van der Waals surface area contributed by atoms with Crippen LogP contribution in [0, 0.1) is 0 Å². The van der Waals surface area contributed by atoms with Gasteiger partial charge in [-0.3, -0.25) is 4.79 Å². The highest BCUT2D eigenvalue weighted by molar-refractivity contribution is 8.00. The predicted octanol–water partition coefficient (Wildman–Crippen LogP) is 4.32. The van der Waals surface area contributed by atoms with Gasteiger partial charge in [-0.25, -0.2) is 9.97 Å². The van der Waals surface area contributed by atoms with E-state index in [1.165, 1.54) is 35.0 Å². The number of methoxy groups -OCH3 is 2. The second-order valence-electron chi connectivity index (χ2n) is 6.47. The molecular weight excluding hydrogens is 394 g/mol. The van der Waals surface area contributed by atoms with Gasteiger partial charge in [-0.1, -0.05) is 11.8 Å². The lowest BCUT2D eigenvalue weighted by Crippen LogP contribution is -2.15. The van der Waals surface area contributed by atoms with Crippen molar-refractivity contribution in [2.75, 3.05) is 25.3 Å². The number of aromatic nitrogens is 2. The predicted molar refractivity (Wildman–Crippen MR) is 113 cm³/mol. The number of benzene rings is 1. The molecule has 0 bridgehead atoms. The van der Waals surface area contributed by atoms with Crippen LogP contribution in [0.2, 0.25) is 0 Å². The Morgan fingerprint density at radius 2 is 2.07 bits per heavy atom. The SMILES string of the molecule is COc1ccc(OC)c(NC(=O)CSc2ncnc3sc4c(c23)CCCC4)c1. The highest BCUT2D eigenvalue weighted by atomic mass is 32.2. The van der Waals surface area contributed by atoms with Crippen molar-refractivity contribution < 1.29 is 14.3 Å². The molecular formula is C20H21N3O3S2. The summed E-state index contributed by atoms with van der Waals surface area (Å²) in [6, 6.07) is 5.31. The third-order valence-electron chi connectivity index (χ3n) is 4.74. The number of carbonyl (C=O) groups is 1. The van der Waals surface area contributed by atoms with Crippen LogP contribution in [0.15, 0.2) is 29.6 Å². The molecule has 4 rings (SSSR count). The molecule has 1 aliphatic carbocycles. The fraction of sp³-hybridized carbons (Fsp3) is 0.350. The van der Waals surface area contributed by atoms with E-state index < -0.39 is 0 Å². The third-order valence-corrected chi connectivity index (χ3v) is 6.93. The summed E-state index contributed by atoms with van der Waals surface area (Å²) >= 11 is 3.21. The number of rotatable bonds is 6. The number of ether oxygens (including phenoxy) is 2. The minimum atomic E-state index is -0.118. The first kappa shape index (κ1) is 19.0. The first-order valence-electron chi connectivity index (χ1n) is 9.09. The lowest BCUT2D eigenvalue weighted by Gasteiger charge is -2.12. The second-order valence-corrected chi connectivity index (χ2v) is 8.52. The van der Waals surface area contributed by atoms with Crippen molar-refractivity contribution in [3.63, 3.8) is 0 Å². The molecule has 8 heteroatoms. The van der Waals surface area contributed by atoms with Crippen molar-refractivity contribution in [1.29, 1.82) is 0 Å². The molecule has 0 radical (unpaired) electrons. The van der Waals surface area contributed by atoms with Gasteiger partial charge in [-0.05, 0) is 43.4 Å². The first-order chi connectivity index (χ1) is 13.7. The van der Waals surface area contributed by atoms with Crippen LogP contribution in [0.5, 0.6) is 11.5 Å². The van der Waals surface area contributed by atoms with Crippen molar-refractivity contribution in [3.05, 3.63) is 35.0 Å². The zero-order chi connectivity index (χ0) is 19.5. The maximum absolute atomic E-state index is 12.5. The summed E-state index contributed by atoms with van der Waals surface area (Å²) in [7, 11) is 3.16. The third kappa shape index (κ3) is 3.79. The van der Waals surface area contributed by atoms with Gasteiger partial charge in [0.1, 0.15) is 27.7 Å². The maximum atomic E-state index is 12.5. The molecule has 2 aromatic heterocycles. The number of hydrogen-bond acceptors (Lipinski definition) is 7. The van der Waals surface area contributed by atoms with Crippen molar-refractivity contribution >= 4 is 44.9 Å². The van der Waals surface area contributed by atoms with E-state index in [4.69, 9.17) is 9.47 Å². The van der Waals surface area contributed by atoms with Crippen LogP contribution in [0.3, 0.4) is 0 Å². The van der Waals surface area contributed by atoms with Gasteiger partial charge in [0.25, 0.3) is 0 Å². The molecule has 1 amide bonds. The number of nitrogens with zero attached hydrogens (tertiary/aromatic N) is 2. The van der Waals surface area contributed by atoms with Crippen molar-refractivity contribution in [3.8, 4) is 11.5 Å². The van der Waals surface area contributed by atoms with Gasteiger partial charge < -0.3 is 14.8 Å². The molecule has 0 aliphatic heterocycles. The molecule has 28 heavy (non-hydrogen) atoms. The Balaban J connectivity index is 1.51. The van der Waals surface area contributed by atoms with Crippen LogP contribution < -0.4 is 14.8 Å². The molecule has 0 saturated heterocycles. The molecule has 0 saturated carbocycles. The normalized spacial score (nSPS) is 13.2. The van der Waals surface area contributed by atoms with Gasteiger partial charge in [0.2, 0.25) is 5.91 Å². The monoisotopic (exact) mass is 415 g/mol. The smallest absolute Gasteiger partial charge is 0.234 e. The summed E-state index contributed by atoms with van der Waals surface area (Å²) in [6.45, 7) is 0. The number of anilines is 1. The van der Waals surface area contributed by atoms with Gasteiger partial charge in [-0.15, -0.1) is 11.3 Å². The van der Waals surface area contributed by atoms with E-state index in [1.807, 2.05) is 0 Å². The van der Waals surface area contributed by atoms with Crippen LogP contribution in [0.4, 0.5) is 5.69 Å².